The Kier molecular flexibility index (Phi) is 3.48. The first-order chi connectivity index (χ1) is 8.20. The van der Waals surface area contributed by atoms with E-state index in [1.54, 1.807) is 11.0 Å². The minimum absolute atomic E-state index is 0.0998. The Morgan fingerprint density at radius 1 is 1.47 bits per heavy atom. The molecule has 7 heteroatoms. The molecule has 0 aromatic carbocycles. The monoisotopic (exact) mass is 235 g/mol. The van der Waals surface area contributed by atoms with E-state index in [4.69, 9.17) is 5.73 Å². The first-order valence-electron chi connectivity index (χ1n) is 5.73. The second kappa shape index (κ2) is 5.05. The summed E-state index contributed by atoms with van der Waals surface area (Å²) in [5, 5.41) is 12.2. The topological polar surface area (TPSA) is 87.4 Å². The number of rotatable bonds is 5. The number of aromatic nitrogens is 6. The Bertz CT molecular complexity index is 470. The van der Waals surface area contributed by atoms with Crippen molar-refractivity contribution in [1.29, 1.82) is 0 Å². The van der Waals surface area contributed by atoms with Gasteiger partial charge in [0.15, 0.2) is 0 Å². The molecule has 2 N–H and O–H groups in total. The summed E-state index contributed by atoms with van der Waals surface area (Å²) in [6, 6.07) is -0.0998. The van der Waals surface area contributed by atoms with Gasteiger partial charge < -0.3 is 5.73 Å². The molecule has 17 heavy (non-hydrogen) atoms. The van der Waals surface area contributed by atoms with Gasteiger partial charge in [-0.2, -0.15) is 5.10 Å². The van der Waals surface area contributed by atoms with Crippen molar-refractivity contribution >= 4 is 0 Å². The molecule has 0 aliphatic carbocycles. The highest BCUT2D eigenvalue weighted by Gasteiger charge is 2.08. The Morgan fingerprint density at radius 2 is 2.29 bits per heavy atom. The van der Waals surface area contributed by atoms with Gasteiger partial charge in [-0.05, 0) is 13.3 Å². The summed E-state index contributed by atoms with van der Waals surface area (Å²) in [4.78, 5) is 4.22. The first-order valence-corrected chi connectivity index (χ1v) is 5.73. The Labute approximate surface area is 99.6 Å². The lowest BCUT2D eigenvalue weighted by Gasteiger charge is -2.03. The third kappa shape index (κ3) is 2.68. The summed E-state index contributed by atoms with van der Waals surface area (Å²) in [6.45, 7) is 5.42. The smallest absolute Gasteiger partial charge is 0.148 e. The summed E-state index contributed by atoms with van der Waals surface area (Å²) in [6.07, 6.45) is 4.43. The average Bonchev–Trinajstić information content (AvgIpc) is 2.90. The standard InChI is InChI=1S/C10H17N7/c1-3-4-17-10(12-7-13-17)6-16-5-9(8(2)11)14-15-16/h5,7-8H,3-4,6,11H2,1-2H3. The van der Waals surface area contributed by atoms with Gasteiger partial charge in [0.05, 0.1) is 11.9 Å². The number of hydrogen-bond donors (Lipinski definition) is 1. The lowest BCUT2D eigenvalue weighted by atomic mass is 10.3. The van der Waals surface area contributed by atoms with E-state index >= 15 is 0 Å². The van der Waals surface area contributed by atoms with E-state index in [0.29, 0.717) is 6.54 Å². The molecule has 0 radical (unpaired) electrons. The highest BCUT2D eigenvalue weighted by molar-refractivity contribution is 4.99. The van der Waals surface area contributed by atoms with Crippen molar-refractivity contribution in [1.82, 2.24) is 29.8 Å². The van der Waals surface area contributed by atoms with E-state index in [1.165, 1.54) is 0 Å². The van der Waals surface area contributed by atoms with Crippen molar-refractivity contribution < 1.29 is 0 Å². The fourth-order valence-electron chi connectivity index (χ4n) is 1.55. The van der Waals surface area contributed by atoms with E-state index in [2.05, 4.69) is 27.3 Å². The third-order valence-electron chi connectivity index (χ3n) is 2.46. The van der Waals surface area contributed by atoms with E-state index in [-0.39, 0.29) is 6.04 Å². The second-order valence-corrected chi connectivity index (χ2v) is 4.03. The van der Waals surface area contributed by atoms with Gasteiger partial charge in [-0.15, -0.1) is 5.10 Å². The quantitative estimate of drug-likeness (QED) is 0.807. The van der Waals surface area contributed by atoms with Crippen LogP contribution in [0.5, 0.6) is 0 Å². The third-order valence-corrected chi connectivity index (χ3v) is 2.46. The van der Waals surface area contributed by atoms with Crippen LogP contribution in [0.4, 0.5) is 0 Å². The predicted molar refractivity (Wildman–Crippen MR) is 62.0 cm³/mol. The van der Waals surface area contributed by atoms with Crippen molar-refractivity contribution in [2.45, 2.75) is 39.4 Å². The van der Waals surface area contributed by atoms with E-state index < -0.39 is 0 Å². The van der Waals surface area contributed by atoms with Crippen LogP contribution in [0.25, 0.3) is 0 Å². The number of nitrogens with zero attached hydrogens (tertiary/aromatic N) is 6. The van der Waals surface area contributed by atoms with Gasteiger partial charge in [0, 0.05) is 12.6 Å². The Morgan fingerprint density at radius 3 is 2.94 bits per heavy atom. The SMILES string of the molecule is CCCn1ncnc1Cn1cc(C(C)N)nn1. The van der Waals surface area contributed by atoms with Crippen LogP contribution in [-0.2, 0) is 13.1 Å². The van der Waals surface area contributed by atoms with Gasteiger partial charge in [0.2, 0.25) is 0 Å². The minimum Gasteiger partial charge on any atom is -0.323 e. The number of nitrogens with two attached hydrogens (primary N) is 1. The maximum Gasteiger partial charge on any atom is 0.148 e. The van der Waals surface area contributed by atoms with Crippen molar-refractivity contribution in [3.63, 3.8) is 0 Å². The molecule has 0 saturated carbocycles. The highest BCUT2D eigenvalue weighted by atomic mass is 15.4. The molecule has 0 spiro atoms. The zero-order chi connectivity index (χ0) is 12.3. The van der Waals surface area contributed by atoms with Crippen LogP contribution in [0.3, 0.4) is 0 Å². The van der Waals surface area contributed by atoms with Crippen LogP contribution in [0.15, 0.2) is 12.5 Å². The normalized spacial score (nSPS) is 12.9. The molecule has 92 valence electrons. The fraction of sp³-hybridized carbons (Fsp3) is 0.600. The first kappa shape index (κ1) is 11.7. The lowest BCUT2D eigenvalue weighted by Crippen LogP contribution is -2.10. The van der Waals surface area contributed by atoms with Gasteiger partial charge in [0.25, 0.3) is 0 Å². The van der Waals surface area contributed by atoms with E-state index in [0.717, 1.165) is 24.5 Å². The molecule has 0 saturated heterocycles. The van der Waals surface area contributed by atoms with E-state index in [9.17, 15) is 0 Å². The summed E-state index contributed by atoms with van der Waals surface area (Å²) in [5.74, 6) is 0.882. The van der Waals surface area contributed by atoms with Gasteiger partial charge in [-0.25, -0.2) is 14.3 Å². The second-order valence-electron chi connectivity index (χ2n) is 4.03. The molecule has 0 bridgehead atoms. The molecule has 0 fully saturated rings. The zero-order valence-corrected chi connectivity index (χ0v) is 10.1. The zero-order valence-electron chi connectivity index (χ0n) is 10.1. The lowest BCUT2D eigenvalue weighted by molar-refractivity contribution is 0.532. The van der Waals surface area contributed by atoms with Gasteiger partial charge in [-0.1, -0.05) is 12.1 Å². The number of hydrogen-bond acceptors (Lipinski definition) is 5. The van der Waals surface area contributed by atoms with Gasteiger partial charge in [0.1, 0.15) is 18.7 Å². The maximum absolute atomic E-state index is 5.73. The van der Waals surface area contributed by atoms with Crippen LogP contribution >= 0.6 is 0 Å². The summed E-state index contributed by atoms with van der Waals surface area (Å²) in [5.41, 5.74) is 6.51. The summed E-state index contributed by atoms with van der Waals surface area (Å²) in [7, 11) is 0. The molecule has 0 aliphatic heterocycles. The van der Waals surface area contributed by atoms with Crippen molar-refractivity contribution in [2.75, 3.05) is 0 Å². The molecule has 0 aliphatic rings. The summed E-state index contributed by atoms with van der Waals surface area (Å²) < 4.78 is 3.61. The fourth-order valence-corrected chi connectivity index (χ4v) is 1.55. The molecule has 7 nitrogen and oxygen atoms in total. The molecule has 2 heterocycles. The molecule has 2 aromatic heterocycles. The van der Waals surface area contributed by atoms with Crippen molar-refractivity contribution in [3.05, 3.63) is 24.0 Å². The van der Waals surface area contributed by atoms with E-state index in [1.807, 2.05) is 17.8 Å². The van der Waals surface area contributed by atoms with Crippen LogP contribution in [0.1, 0.15) is 37.8 Å². The summed E-state index contributed by atoms with van der Waals surface area (Å²) >= 11 is 0. The average molecular weight is 235 g/mol. The predicted octanol–water partition coefficient (Wildman–Crippen LogP) is 0.348. The molecular weight excluding hydrogens is 218 g/mol. The van der Waals surface area contributed by atoms with Crippen LogP contribution in [-0.4, -0.2) is 29.8 Å². The van der Waals surface area contributed by atoms with Crippen molar-refractivity contribution in [2.24, 2.45) is 5.73 Å². The largest absolute Gasteiger partial charge is 0.323 e. The van der Waals surface area contributed by atoms with Crippen molar-refractivity contribution in [3.8, 4) is 0 Å². The molecule has 0 amide bonds. The molecular formula is C10H17N7. The molecule has 1 atom stereocenters. The Balaban J connectivity index is 2.11. The van der Waals surface area contributed by atoms with Gasteiger partial charge >= 0.3 is 0 Å². The number of aryl methyl sites for hydroxylation is 1. The van der Waals surface area contributed by atoms with Crippen LogP contribution in [0, 0.1) is 0 Å². The highest BCUT2D eigenvalue weighted by Crippen LogP contribution is 2.05. The minimum atomic E-state index is -0.0998. The van der Waals surface area contributed by atoms with Gasteiger partial charge in [-0.3, -0.25) is 0 Å². The van der Waals surface area contributed by atoms with Crippen LogP contribution < -0.4 is 5.73 Å². The molecule has 2 rings (SSSR count). The Hall–Kier alpha value is -1.76. The maximum atomic E-state index is 5.73. The molecule has 1 unspecified atom stereocenters. The van der Waals surface area contributed by atoms with Crippen LogP contribution in [0.2, 0.25) is 0 Å². The molecule has 2 aromatic rings.